The molecule has 1 aliphatic heterocycles. The van der Waals surface area contributed by atoms with Crippen LogP contribution in [0.1, 0.15) is 35.0 Å². The van der Waals surface area contributed by atoms with E-state index in [9.17, 15) is 9.59 Å². The van der Waals surface area contributed by atoms with Crippen molar-refractivity contribution in [2.75, 3.05) is 0 Å². The molecule has 6 atom stereocenters. The molecule has 0 spiro atoms. The number of hydrogen-bond donors (Lipinski definition) is 0. The van der Waals surface area contributed by atoms with Gasteiger partial charge in [-0.1, -0.05) is 0 Å². The molecule has 5 heteroatoms. The Balaban J connectivity index is 1.42. The number of carbonyl (C=O) groups excluding carboxylic acids is 2. The summed E-state index contributed by atoms with van der Waals surface area (Å²) < 4.78 is 16.5. The standard InChI is InChI=1S/C18H16O5/c1-17(13(19)9-5-3-7-21-9)11-12-16(23-15(11)17)18(12,2)14(20)10-6-4-8-22-10/h3-8,11-12,15-16H,1-2H3/t11-,12-,15+,16+,17-,18-/m1/s1. The highest BCUT2D eigenvalue weighted by molar-refractivity contribution is 6.04. The van der Waals surface area contributed by atoms with Gasteiger partial charge in [-0.15, -0.1) is 0 Å². The second kappa shape index (κ2) is 3.85. The van der Waals surface area contributed by atoms with Crippen LogP contribution in [0.15, 0.2) is 45.6 Å². The van der Waals surface area contributed by atoms with Crippen LogP contribution in [0.25, 0.3) is 0 Å². The van der Waals surface area contributed by atoms with Crippen LogP contribution in [0.2, 0.25) is 0 Å². The zero-order valence-corrected chi connectivity index (χ0v) is 12.8. The van der Waals surface area contributed by atoms with E-state index in [0.29, 0.717) is 11.5 Å². The molecular weight excluding hydrogens is 296 g/mol. The SMILES string of the molecule is C[C@]1(C(=O)c2ccco2)[C@@H]2[C@@H]3[C@H](O[C@@H]21)[C@@]3(C)C(=O)c1ccco1. The summed E-state index contributed by atoms with van der Waals surface area (Å²) in [6.45, 7) is 3.83. The van der Waals surface area contributed by atoms with Gasteiger partial charge in [-0.3, -0.25) is 9.59 Å². The van der Waals surface area contributed by atoms with Crippen LogP contribution < -0.4 is 0 Å². The fourth-order valence-electron chi connectivity index (χ4n) is 4.65. The third-order valence-electron chi connectivity index (χ3n) is 6.15. The smallest absolute Gasteiger partial charge is 0.206 e. The monoisotopic (exact) mass is 312 g/mol. The summed E-state index contributed by atoms with van der Waals surface area (Å²) >= 11 is 0. The minimum atomic E-state index is -0.583. The molecule has 0 unspecified atom stereocenters. The average Bonchev–Trinajstić information content (AvgIpc) is 3.15. The number of ether oxygens (including phenoxy) is 1. The second-order valence-corrected chi connectivity index (χ2v) is 7.21. The Morgan fingerprint density at radius 3 is 1.65 bits per heavy atom. The number of carbonyl (C=O) groups is 2. The molecule has 3 fully saturated rings. The first-order valence-electron chi connectivity index (χ1n) is 7.82. The molecule has 3 heterocycles. The molecule has 2 aliphatic carbocycles. The number of rotatable bonds is 4. The van der Waals surface area contributed by atoms with Crippen LogP contribution in [0.5, 0.6) is 0 Å². The van der Waals surface area contributed by atoms with Crippen LogP contribution >= 0.6 is 0 Å². The number of fused-ring (bicyclic) bond motifs is 3. The third kappa shape index (κ3) is 1.38. The molecule has 0 N–H and O–H groups in total. The van der Waals surface area contributed by atoms with E-state index < -0.39 is 10.8 Å². The molecule has 118 valence electrons. The zero-order valence-electron chi connectivity index (χ0n) is 12.8. The fraction of sp³-hybridized carbons (Fsp3) is 0.444. The van der Waals surface area contributed by atoms with Gasteiger partial charge in [-0.05, 0) is 38.1 Å². The zero-order chi connectivity index (χ0) is 16.0. The maximum Gasteiger partial charge on any atom is 0.206 e. The first-order chi connectivity index (χ1) is 11.0. The van der Waals surface area contributed by atoms with Crippen LogP contribution in [-0.2, 0) is 4.74 Å². The lowest BCUT2D eigenvalue weighted by Gasteiger charge is -2.11. The highest BCUT2D eigenvalue weighted by Gasteiger charge is 2.88. The number of ketones is 2. The Kier molecular flexibility index (Phi) is 2.23. The maximum absolute atomic E-state index is 12.7. The van der Waals surface area contributed by atoms with Gasteiger partial charge in [-0.25, -0.2) is 0 Å². The quantitative estimate of drug-likeness (QED) is 0.812. The van der Waals surface area contributed by atoms with Gasteiger partial charge < -0.3 is 13.6 Å². The van der Waals surface area contributed by atoms with Gasteiger partial charge in [0, 0.05) is 11.8 Å². The molecule has 0 aromatic carbocycles. The second-order valence-electron chi connectivity index (χ2n) is 7.21. The van der Waals surface area contributed by atoms with Crippen molar-refractivity contribution in [1.82, 2.24) is 0 Å². The van der Waals surface area contributed by atoms with Crippen molar-refractivity contribution in [2.45, 2.75) is 26.1 Å². The summed E-state index contributed by atoms with van der Waals surface area (Å²) in [6.07, 6.45) is 2.79. The molecule has 23 heavy (non-hydrogen) atoms. The van der Waals surface area contributed by atoms with E-state index in [-0.39, 0.29) is 35.6 Å². The molecule has 0 radical (unpaired) electrons. The van der Waals surface area contributed by atoms with E-state index in [1.54, 1.807) is 24.3 Å². The van der Waals surface area contributed by atoms with E-state index >= 15 is 0 Å². The fourth-order valence-corrected chi connectivity index (χ4v) is 4.65. The van der Waals surface area contributed by atoms with E-state index in [0.717, 1.165) is 0 Å². The summed E-state index contributed by atoms with van der Waals surface area (Å²) in [5.74, 6) is 0.817. The highest BCUT2D eigenvalue weighted by Crippen LogP contribution is 2.79. The minimum absolute atomic E-state index is 0.0318. The van der Waals surface area contributed by atoms with Gasteiger partial charge in [0.05, 0.1) is 35.6 Å². The molecule has 3 aliphatic rings. The van der Waals surface area contributed by atoms with Crippen molar-refractivity contribution in [1.29, 1.82) is 0 Å². The van der Waals surface area contributed by atoms with Gasteiger partial charge in [0.25, 0.3) is 0 Å². The lowest BCUT2D eigenvalue weighted by molar-refractivity contribution is 0.0492. The van der Waals surface area contributed by atoms with Crippen molar-refractivity contribution < 1.29 is 23.2 Å². The Morgan fingerprint density at radius 2 is 1.30 bits per heavy atom. The van der Waals surface area contributed by atoms with E-state index in [4.69, 9.17) is 13.6 Å². The maximum atomic E-state index is 12.7. The molecule has 2 saturated carbocycles. The van der Waals surface area contributed by atoms with Crippen LogP contribution in [0.4, 0.5) is 0 Å². The Labute approximate surface area is 132 Å². The summed E-state index contributed by atoms with van der Waals surface area (Å²) in [5, 5.41) is 0. The topological polar surface area (TPSA) is 69.7 Å². The van der Waals surface area contributed by atoms with E-state index in [1.165, 1.54) is 12.5 Å². The number of hydrogen-bond acceptors (Lipinski definition) is 5. The Bertz CT molecular complexity index is 736. The lowest BCUT2D eigenvalue weighted by atomic mass is 9.91. The number of furan rings is 2. The van der Waals surface area contributed by atoms with Crippen molar-refractivity contribution >= 4 is 11.6 Å². The van der Waals surface area contributed by atoms with Gasteiger partial charge >= 0.3 is 0 Å². The predicted octanol–water partition coefficient (Wildman–Crippen LogP) is 2.98. The summed E-state index contributed by atoms with van der Waals surface area (Å²) in [5.41, 5.74) is -1.17. The summed E-state index contributed by atoms with van der Waals surface area (Å²) in [6, 6.07) is 6.78. The molecule has 1 saturated heterocycles. The van der Waals surface area contributed by atoms with E-state index in [2.05, 4.69) is 0 Å². The average molecular weight is 312 g/mol. The Morgan fingerprint density at radius 1 is 0.870 bits per heavy atom. The molecule has 2 aromatic rings. The Hall–Kier alpha value is -2.14. The molecule has 2 aromatic heterocycles. The van der Waals surface area contributed by atoms with Crippen LogP contribution in [0, 0.1) is 22.7 Å². The van der Waals surface area contributed by atoms with Gasteiger partial charge in [0.1, 0.15) is 0 Å². The van der Waals surface area contributed by atoms with Crippen molar-refractivity contribution in [3.05, 3.63) is 48.3 Å². The van der Waals surface area contributed by atoms with Crippen molar-refractivity contribution in [3.63, 3.8) is 0 Å². The van der Waals surface area contributed by atoms with Crippen LogP contribution in [0.3, 0.4) is 0 Å². The summed E-state index contributed by atoms with van der Waals surface area (Å²) in [7, 11) is 0. The van der Waals surface area contributed by atoms with E-state index in [1.807, 2.05) is 13.8 Å². The van der Waals surface area contributed by atoms with Gasteiger partial charge in [0.15, 0.2) is 11.5 Å². The first kappa shape index (κ1) is 13.3. The largest absolute Gasteiger partial charge is 0.461 e. The van der Waals surface area contributed by atoms with Gasteiger partial charge in [0.2, 0.25) is 11.6 Å². The molecular formula is C18H16O5. The predicted molar refractivity (Wildman–Crippen MR) is 77.9 cm³/mol. The van der Waals surface area contributed by atoms with Gasteiger partial charge in [-0.2, -0.15) is 0 Å². The molecule has 0 amide bonds. The van der Waals surface area contributed by atoms with Crippen LogP contribution in [-0.4, -0.2) is 23.8 Å². The lowest BCUT2D eigenvalue weighted by Crippen LogP contribution is -2.22. The van der Waals surface area contributed by atoms with Crippen molar-refractivity contribution in [2.24, 2.45) is 22.7 Å². The molecule has 5 rings (SSSR count). The highest BCUT2D eigenvalue weighted by atomic mass is 16.5. The molecule has 5 nitrogen and oxygen atoms in total. The minimum Gasteiger partial charge on any atom is -0.461 e. The summed E-state index contributed by atoms with van der Waals surface area (Å²) in [4.78, 5) is 25.4. The van der Waals surface area contributed by atoms with Crippen molar-refractivity contribution in [3.8, 4) is 0 Å². The third-order valence-corrected chi connectivity index (χ3v) is 6.15. The normalized spacial score (nSPS) is 42.9. The first-order valence-corrected chi connectivity index (χ1v) is 7.82. The number of Topliss-reactive ketones (excluding diaryl/α,β-unsaturated/α-hetero) is 2. The molecule has 0 bridgehead atoms.